The highest BCUT2D eigenvalue weighted by Crippen LogP contribution is 2.37. The van der Waals surface area contributed by atoms with Gasteiger partial charge in [-0.05, 0) is 119 Å². The molecule has 0 saturated carbocycles. The van der Waals surface area contributed by atoms with E-state index in [-0.39, 0.29) is 63.0 Å². The average molecular weight is 1220 g/mol. The van der Waals surface area contributed by atoms with Crippen molar-refractivity contribution in [2.45, 2.75) is 173 Å². The van der Waals surface area contributed by atoms with Gasteiger partial charge in [0.05, 0.1) is 30.1 Å². The number of rotatable bonds is 12. The second kappa shape index (κ2) is 24.8. The van der Waals surface area contributed by atoms with Crippen LogP contribution in [0, 0.1) is 0 Å². The Kier molecular flexibility index (Phi) is 17.6. The van der Waals surface area contributed by atoms with E-state index in [1.165, 1.54) is 0 Å². The molecule has 3 aliphatic heterocycles. The van der Waals surface area contributed by atoms with Gasteiger partial charge in [0, 0.05) is 151 Å². The van der Waals surface area contributed by atoms with Gasteiger partial charge in [-0.15, -0.1) is 30.6 Å². The van der Waals surface area contributed by atoms with Gasteiger partial charge < -0.3 is 50.0 Å². The molecule has 9 aromatic heterocycles. The number of H-pyrrole nitrogens is 1. The van der Waals surface area contributed by atoms with E-state index in [1.54, 1.807) is 114 Å². The third-order valence-electron chi connectivity index (χ3n) is 15.4. The zero-order valence-corrected chi connectivity index (χ0v) is 52.5. The van der Waals surface area contributed by atoms with Crippen LogP contribution in [0.15, 0.2) is 117 Å². The van der Waals surface area contributed by atoms with Gasteiger partial charge in [0.15, 0.2) is 6.17 Å². The molecule has 0 unspecified atom stereocenters. The Morgan fingerprint density at radius 1 is 0.506 bits per heavy atom. The van der Waals surface area contributed by atoms with Crippen LogP contribution in [-0.4, -0.2) is 148 Å². The summed E-state index contributed by atoms with van der Waals surface area (Å²) in [6.07, 6.45) is 17.6. The lowest BCUT2D eigenvalue weighted by atomic mass is 9.79. The fraction of sp³-hybridized carbons (Fsp3) is 0.438. The zero-order chi connectivity index (χ0) is 63.7. The summed E-state index contributed by atoms with van der Waals surface area (Å²) in [5, 5.41) is 77.8. The molecular weight excluding hydrogens is 1140 g/mol. The topological polar surface area (TPSA) is 305 Å². The van der Waals surface area contributed by atoms with Gasteiger partial charge in [0.25, 0.3) is 0 Å². The molecule has 0 spiro atoms. The van der Waals surface area contributed by atoms with Crippen LogP contribution in [0.5, 0.6) is 34.9 Å². The minimum Gasteiger partial charge on any atom is -0.506 e. The number of ether oxygens (including phenoxy) is 3. The summed E-state index contributed by atoms with van der Waals surface area (Å²) < 4.78 is 36.5. The number of halogens is 1. The van der Waals surface area contributed by atoms with Gasteiger partial charge in [0.1, 0.15) is 69.7 Å². The first-order valence-corrected chi connectivity index (χ1v) is 29.5. The molecule has 0 radical (unpaired) electrons. The van der Waals surface area contributed by atoms with Crippen LogP contribution in [0.4, 0.5) is 4.39 Å². The molecule has 89 heavy (non-hydrogen) atoms. The highest BCUT2D eigenvalue weighted by Gasteiger charge is 2.48. The standard InChI is InChI=1S/C22H28N6O2.C21H25FN6O2.C21H26N6O2/c1-21(2)11-15(12-22(3,4)27-21)30-19-7-6-17(24-25-19)20-18(29)10-14(13-23-20)16-8-9-28(5)26-16;1-20(2)8-16(19(22)21(3,4)28-20)30-17-6-5-14(26-27-17)18-15(29)7-12(9-23-18)13-10-24-25-11-13;1-20(2)10-15(11-21(3,4)26-20)29-18-6-5-16(24-25-18)19-17(28)9-14(12-23-19)27-8-7-22-13-27/h6-10,13,15,27,29H,11-12H2,1-5H3;5-7,9-11,16,19,28-29H,8H2,1-4H3,(H,24,25);5-9,12-13,15,26,28H,10-11H2,1-4H3/t;16-,19-;/m.0./s1. The molecule has 0 aromatic carbocycles. The van der Waals surface area contributed by atoms with Crippen molar-refractivity contribution in [3.8, 4) is 97.1 Å². The first-order valence-electron chi connectivity index (χ1n) is 29.5. The lowest BCUT2D eigenvalue weighted by Gasteiger charge is -2.48. The molecule has 25 heteroatoms. The van der Waals surface area contributed by atoms with Gasteiger partial charge in [-0.2, -0.15) is 10.2 Å². The van der Waals surface area contributed by atoms with Crippen LogP contribution < -0.4 is 30.2 Å². The smallest absolute Gasteiger partial charge is 0.233 e. The van der Waals surface area contributed by atoms with E-state index < -0.39 is 17.8 Å². The largest absolute Gasteiger partial charge is 0.506 e. The Balaban J connectivity index is 0.000000147. The number of imidazole rings is 1. The third kappa shape index (κ3) is 15.8. The number of aromatic hydroxyl groups is 3. The number of piperidine rings is 3. The van der Waals surface area contributed by atoms with E-state index in [9.17, 15) is 19.7 Å². The number of alkyl halides is 1. The van der Waals surface area contributed by atoms with Crippen molar-refractivity contribution in [1.82, 2.24) is 91.0 Å². The fourth-order valence-corrected chi connectivity index (χ4v) is 12.6. The first kappa shape index (κ1) is 63.0. The molecule has 9 aromatic rings. The van der Waals surface area contributed by atoms with E-state index in [2.05, 4.69) is 137 Å². The molecule has 2 atom stereocenters. The first-order chi connectivity index (χ1) is 42.0. The quantitative estimate of drug-likeness (QED) is 0.0598. The molecule has 12 rings (SSSR count). The summed E-state index contributed by atoms with van der Waals surface area (Å²) in [5.41, 5.74) is 5.12. The Hall–Kier alpha value is -9.07. The fourth-order valence-electron chi connectivity index (χ4n) is 12.6. The number of aryl methyl sites for hydroxylation is 1. The second-order valence-electron chi connectivity index (χ2n) is 26.9. The molecule has 468 valence electrons. The number of nitrogens with zero attached hydrogens (tertiary/aromatic N) is 14. The molecule has 3 aliphatic rings. The van der Waals surface area contributed by atoms with E-state index in [4.69, 9.17) is 14.2 Å². The summed E-state index contributed by atoms with van der Waals surface area (Å²) >= 11 is 0. The van der Waals surface area contributed by atoms with Crippen LogP contribution in [0.25, 0.3) is 62.2 Å². The molecule has 0 aliphatic carbocycles. The molecule has 3 fully saturated rings. The summed E-state index contributed by atoms with van der Waals surface area (Å²) in [5.74, 6) is 1.21. The van der Waals surface area contributed by atoms with Crippen molar-refractivity contribution in [2.75, 3.05) is 0 Å². The molecule has 0 bridgehead atoms. The van der Waals surface area contributed by atoms with Crippen molar-refractivity contribution in [3.63, 3.8) is 0 Å². The summed E-state index contributed by atoms with van der Waals surface area (Å²) in [7, 11) is 1.84. The Labute approximate surface area is 516 Å². The van der Waals surface area contributed by atoms with E-state index in [0.29, 0.717) is 58.0 Å². The van der Waals surface area contributed by atoms with Gasteiger partial charge in [0.2, 0.25) is 17.6 Å². The van der Waals surface area contributed by atoms with Crippen molar-refractivity contribution in [1.29, 1.82) is 0 Å². The summed E-state index contributed by atoms with van der Waals surface area (Å²) in [4.78, 5) is 17.0. The summed E-state index contributed by atoms with van der Waals surface area (Å²) in [6, 6.07) is 17.0. The zero-order valence-electron chi connectivity index (χ0n) is 52.5. The van der Waals surface area contributed by atoms with Crippen molar-refractivity contribution in [2.24, 2.45) is 7.05 Å². The number of pyridine rings is 3. The van der Waals surface area contributed by atoms with E-state index >= 15 is 0 Å². The monoisotopic (exact) mass is 1210 g/mol. The normalized spacial score (nSPS) is 19.8. The maximum absolute atomic E-state index is 14.9. The highest BCUT2D eigenvalue weighted by atomic mass is 19.1. The number of nitrogens with one attached hydrogen (secondary N) is 4. The van der Waals surface area contributed by atoms with Gasteiger partial charge in [-0.25, -0.2) is 24.3 Å². The van der Waals surface area contributed by atoms with Crippen LogP contribution in [0.3, 0.4) is 0 Å². The minimum absolute atomic E-state index is 0.00746. The van der Waals surface area contributed by atoms with Crippen molar-refractivity contribution in [3.05, 3.63) is 117 Å². The van der Waals surface area contributed by atoms with Crippen LogP contribution in [0.2, 0.25) is 0 Å². The predicted molar refractivity (Wildman–Crippen MR) is 333 cm³/mol. The van der Waals surface area contributed by atoms with Crippen molar-refractivity contribution >= 4 is 0 Å². The van der Waals surface area contributed by atoms with Crippen molar-refractivity contribution < 1.29 is 33.9 Å². The van der Waals surface area contributed by atoms with Gasteiger partial charge >= 0.3 is 0 Å². The molecule has 12 heterocycles. The molecular formula is C64H79FN18O6. The maximum atomic E-state index is 14.9. The average Bonchev–Trinajstić information content (AvgIpc) is 1.40. The Morgan fingerprint density at radius 3 is 1.40 bits per heavy atom. The second-order valence-corrected chi connectivity index (χ2v) is 26.9. The van der Waals surface area contributed by atoms with Gasteiger partial charge in [-0.3, -0.25) is 9.78 Å². The SMILES string of the molecule is CC1(C)CC(Oc2ccc(-c3ncc(-n4ccnc4)cc3O)nn2)CC(C)(C)N1.CC1(C)C[C@H](Oc2ccc(-c3ncc(-c4cn[nH]c4)cc3O)nn2)[C@H](F)C(C)(C)N1.Cn1ccc(-c2cnc(-c3ccc(OC4CC(C)(C)NC(C)(C)C4)nn3)c(O)c2)n1. The molecule has 0 amide bonds. The Morgan fingerprint density at radius 2 is 0.978 bits per heavy atom. The number of hydrogen-bond donors (Lipinski definition) is 7. The maximum Gasteiger partial charge on any atom is 0.233 e. The van der Waals surface area contributed by atoms with E-state index in [1.807, 2.05) is 47.0 Å². The lowest BCUT2D eigenvalue weighted by molar-refractivity contribution is -0.0281. The van der Waals surface area contributed by atoms with Crippen LogP contribution in [-0.2, 0) is 7.05 Å². The van der Waals surface area contributed by atoms with Crippen LogP contribution >= 0.6 is 0 Å². The number of hydrogen-bond acceptors (Lipinski definition) is 21. The minimum atomic E-state index is -1.20. The third-order valence-corrected chi connectivity index (χ3v) is 15.4. The highest BCUT2D eigenvalue weighted by molar-refractivity contribution is 5.70. The molecule has 3 saturated heterocycles. The number of aromatic amines is 1. The summed E-state index contributed by atoms with van der Waals surface area (Å²) in [6.45, 7) is 25.1. The molecule has 7 N–H and O–H groups in total. The van der Waals surface area contributed by atoms with E-state index in [0.717, 1.165) is 48.1 Å². The Bertz CT molecular complexity index is 3810. The van der Waals surface area contributed by atoms with Crippen LogP contribution in [0.1, 0.15) is 115 Å². The molecule has 24 nitrogen and oxygen atoms in total. The predicted octanol–water partition coefficient (Wildman–Crippen LogP) is 9.72. The van der Waals surface area contributed by atoms with Gasteiger partial charge in [-0.1, -0.05) is 0 Å². The number of aromatic nitrogens is 15. The lowest BCUT2D eigenvalue weighted by Crippen LogP contribution is -2.66.